The highest BCUT2D eigenvalue weighted by Crippen LogP contribution is 2.18. The third-order valence-electron chi connectivity index (χ3n) is 2.76. The Bertz CT molecular complexity index is 481. The molecule has 0 aromatic heterocycles. The van der Waals surface area contributed by atoms with Gasteiger partial charge in [0.2, 0.25) is 10.0 Å². The van der Waals surface area contributed by atoms with Crippen LogP contribution in [0.3, 0.4) is 0 Å². The van der Waals surface area contributed by atoms with Crippen LogP contribution >= 0.6 is 15.9 Å². The molecule has 0 fully saturated rings. The van der Waals surface area contributed by atoms with Gasteiger partial charge in [0.1, 0.15) is 0 Å². The molecular formula is C12H18BrNO2S. The number of nitrogens with one attached hydrogen (secondary N) is 1. The Labute approximate surface area is 112 Å². The molecule has 1 aromatic carbocycles. The standard InChI is InChI=1S/C12H18BrNO2S/c1-4-12(3,9-13)14-17(15,16)11-7-5-6-10(2)8-11/h5-8,14H,4,9H2,1-3H3. The molecule has 1 unspecified atom stereocenters. The molecule has 0 saturated carbocycles. The van der Waals surface area contributed by atoms with Crippen molar-refractivity contribution in [2.75, 3.05) is 5.33 Å². The summed E-state index contributed by atoms with van der Waals surface area (Å²) < 4.78 is 27.1. The number of rotatable bonds is 5. The first-order chi connectivity index (χ1) is 7.83. The zero-order chi connectivity index (χ0) is 13.1. The number of sulfonamides is 1. The first-order valence-electron chi connectivity index (χ1n) is 5.49. The van der Waals surface area contributed by atoms with E-state index in [4.69, 9.17) is 0 Å². The highest BCUT2D eigenvalue weighted by atomic mass is 79.9. The second kappa shape index (κ2) is 5.50. The third kappa shape index (κ3) is 3.79. The molecule has 0 saturated heterocycles. The summed E-state index contributed by atoms with van der Waals surface area (Å²) in [5, 5.41) is 0.585. The molecule has 17 heavy (non-hydrogen) atoms. The summed E-state index contributed by atoms with van der Waals surface area (Å²) in [7, 11) is -3.44. The molecule has 0 spiro atoms. The monoisotopic (exact) mass is 319 g/mol. The summed E-state index contributed by atoms with van der Waals surface area (Å²) in [6, 6.07) is 6.91. The van der Waals surface area contributed by atoms with Gasteiger partial charge in [-0.15, -0.1) is 0 Å². The fourth-order valence-electron chi connectivity index (χ4n) is 1.36. The Balaban J connectivity index is 3.05. The SMILES string of the molecule is CCC(C)(CBr)NS(=O)(=O)c1cccc(C)c1. The zero-order valence-corrected chi connectivity index (χ0v) is 12.7. The summed E-state index contributed by atoms with van der Waals surface area (Å²) >= 11 is 3.34. The number of benzene rings is 1. The van der Waals surface area contributed by atoms with Crippen LogP contribution in [0.25, 0.3) is 0 Å². The summed E-state index contributed by atoms with van der Waals surface area (Å²) in [6.07, 6.45) is 0.725. The van der Waals surface area contributed by atoms with Crippen LogP contribution in [-0.2, 0) is 10.0 Å². The molecule has 0 aliphatic carbocycles. The van der Waals surface area contributed by atoms with E-state index in [0.29, 0.717) is 10.2 Å². The average molecular weight is 320 g/mol. The second-order valence-corrected chi connectivity index (χ2v) is 6.71. The summed E-state index contributed by atoms with van der Waals surface area (Å²) in [4.78, 5) is 0.318. The lowest BCUT2D eigenvalue weighted by Crippen LogP contribution is -2.46. The maximum absolute atomic E-state index is 12.2. The number of aryl methyl sites for hydroxylation is 1. The van der Waals surface area contributed by atoms with Crippen LogP contribution in [0.2, 0.25) is 0 Å². The van der Waals surface area contributed by atoms with E-state index < -0.39 is 15.6 Å². The molecule has 1 atom stereocenters. The molecule has 0 heterocycles. The van der Waals surface area contributed by atoms with E-state index in [9.17, 15) is 8.42 Å². The molecule has 0 radical (unpaired) electrons. The first-order valence-corrected chi connectivity index (χ1v) is 8.10. The van der Waals surface area contributed by atoms with Crippen molar-refractivity contribution in [3.63, 3.8) is 0 Å². The molecule has 1 N–H and O–H groups in total. The Morgan fingerprint density at radius 3 is 2.53 bits per heavy atom. The molecule has 1 aromatic rings. The van der Waals surface area contributed by atoms with Crippen molar-refractivity contribution in [3.8, 4) is 0 Å². The number of halogens is 1. The predicted molar refractivity (Wildman–Crippen MR) is 74.0 cm³/mol. The molecule has 96 valence electrons. The lowest BCUT2D eigenvalue weighted by molar-refractivity contribution is 0.449. The normalized spacial score (nSPS) is 15.5. The van der Waals surface area contributed by atoms with Crippen molar-refractivity contribution < 1.29 is 8.42 Å². The predicted octanol–water partition coefficient (Wildman–Crippen LogP) is 2.84. The minimum Gasteiger partial charge on any atom is -0.207 e. The van der Waals surface area contributed by atoms with Gasteiger partial charge in [-0.25, -0.2) is 13.1 Å². The number of hydrogen-bond donors (Lipinski definition) is 1. The molecule has 0 bridgehead atoms. The van der Waals surface area contributed by atoms with E-state index in [1.807, 2.05) is 26.8 Å². The van der Waals surface area contributed by atoms with Gasteiger partial charge in [0.05, 0.1) is 4.90 Å². The van der Waals surface area contributed by atoms with Crippen LogP contribution in [-0.4, -0.2) is 19.3 Å². The van der Waals surface area contributed by atoms with Crippen molar-refractivity contribution in [2.24, 2.45) is 0 Å². The molecule has 1 rings (SSSR count). The Morgan fingerprint density at radius 2 is 2.06 bits per heavy atom. The molecule has 5 heteroatoms. The van der Waals surface area contributed by atoms with Crippen molar-refractivity contribution >= 4 is 26.0 Å². The molecule has 0 aliphatic rings. The third-order valence-corrected chi connectivity index (χ3v) is 5.63. The topological polar surface area (TPSA) is 46.2 Å². The van der Waals surface area contributed by atoms with Crippen molar-refractivity contribution in [3.05, 3.63) is 29.8 Å². The van der Waals surface area contributed by atoms with Gasteiger partial charge < -0.3 is 0 Å². The van der Waals surface area contributed by atoms with Gasteiger partial charge in [0.15, 0.2) is 0 Å². The highest BCUT2D eigenvalue weighted by Gasteiger charge is 2.27. The van der Waals surface area contributed by atoms with Crippen LogP contribution in [0.4, 0.5) is 0 Å². The van der Waals surface area contributed by atoms with Gasteiger partial charge in [-0.2, -0.15) is 0 Å². The van der Waals surface area contributed by atoms with E-state index in [-0.39, 0.29) is 0 Å². The minimum atomic E-state index is -3.44. The summed E-state index contributed by atoms with van der Waals surface area (Å²) in [5.74, 6) is 0. The van der Waals surface area contributed by atoms with Gasteiger partial charge in [-0.3, -0.25) is 0 Å². The number of alkyl halides is 1. The highest BCUT2D eigenvalue weighted by molar-refractivity contribution is 9.09. The van der Waals surface area contributed by atoms with E-state index in [2.05, 4.69) is 20.7 Å². The lowest BCUT2D eigenvalue weighted by atomic mass is 10.0. The largest absolute Gasteiger partial charge is 0.241 e. The van der Waals surface area contributed by atoms with E-state index >= 15 is 0 Å². The van der Waals surface area contributed by atoms with Crippen LogP contribution < -0.4 is 4.72 Å². The van der Waals surface area contributed by atoms with Crippen molar-refractivity contribution in [1.29, 1.82) is 0 Å². The van der Waals surface area contributed by atoms with Gasteiger partial charge in [-0.1, -0.05) is 35.0 Å². The molecule has 0 amide bonds. The maximum atomic E-state index is 12.2. The van der Waals surface area contributed by atoms with Crippen LogP contribution in [0.1, 0.15) is 25.8 Å². The fourth-order valence-corrected chi connectivity index (χ4v) is 3.66. The van der Waals surface area contributed by atoms with Gasteiger partial charge >= 0.3 is 0 Å². The van der Waals surface area contributed by atoms with Crippen LogP contribution in [0.5, 0.6) is 0 Å². The Kier molecular flexibility index (Phi) is 4.75. The van der Waals surface area contributed by atoms with Crippen LogP contribution in [0.15, 0.2) is 29.2 Å². The lowest BCUT2D eigenvalue weighted by Gasteiger charge is -2.26. The maximum Gasteiger partial charge on any atom is 0.241 e. The van der Waals surface area contributed by atoms with E-state index in [0.717, 1.165) is 12.0 Å². The summed E-state index contributed by atoms with van der Waals surface area (Å²) in [6.45, 7) is 5.72. The van der Waals surface area contributed by atoms with Gasteiger partial charge in [0, 0.05) is 10.9 Å². The van der Waals surface area contributed by atoms with E-state index in [1.165, 1.54) is 0 Å². The smallest absolute Gasteiger partial charge is 0.207 e. The fraction of sp³-hybridized carbons (Fsp3) is 0.500. The molecule has 3 nitrogen and oxygen atoms in total. The first kappa shape index (κ1) is 14.7. The summed E-state index contributed by atoms with van der Waals surface area (Å²) in [5.41, 5.74) is 0.479. The quantitative estimate of drug-likeness (QED) is 0.848. The van der Waals surface area contributed by atoms with Crippen molar-refractivity contribution in [2.45, 2.75) is 37.6 Å². The Morgan fingerprint density at radius 1 is 1.41 bits per heavy atom. The molecular weight excluding hydrogens is 302 g/mol. The second-order valence-electron chi connectivity index (χ2n) is 4.47. The number of hydrogen-bond acceptors (Lipinski definition) is 2. The average Bonchev–Trinajstić information content (AvgIpc) is 2.28. The van der Waals surface area contributed by atoms with Crippen molar-refractivity contribution in [1.82, 2.24) is 4.72 Å². The van der Waals surface area contributed by atoms with Crippen LogP contribution in [0, 0.1) is 6.92 Å². The zero-order valence-electron chi connectivity index (χ0n) is 10.3. The molecule has 0 aliphatic heterocycles. The van der Waals surface area contributed by atoms with Gasteiger partial charge in [-0.05, 0) is 38.0 Å². The minimum absolute atomic E-state index is 0.318. The van der Waals surface area contributed by atoms with Gasteiger partial charge in [0.25, 0.3) is 0 Å². The van der Waals surface area contributed by atoms with E-state index in [1.54, 1.807) is 18.2 Å². The Hall–Kier alpha value is -0.390.